The lowest BCUT2D eigenvalue weighted by molar-refractivity contribution is -0.129. The lowest BCUT2D eigenvalue weighted by Crippen LogP contribution is -2.41. The topological polar surface area (TPSA) is 70.1 Å². The quantitative estimate of drug-likeness (QED) is 0.845. The number of hydrogen-bond acceptors (Lipinski definition) is 4. The Kier molecular flexibility index (Phi) is 4.05. The molecule has 1 N–H and O–H groups in total. The van der Waals surface area contributed by atoms with Crippen molar-refractivity contribution in [2.75, 3.05) is 19.7 Å². The number of fused-ring (bicyclic) bond motifs is 2. The minimum Gasteiger partial charge on any atom is -0.490 e. The van der Waals surface area contributed by atoms with E-state index in [0.717, 1.165) is 22.1 Å². The molecule has 0 spiro atoms. The maximum Gasteiger partial charge on any atom is 0.327 e. The third-order valence-corrected chi connectivity index (χ3v) is 4.85. The van der Waals surface area contributed by atoms with Crippen molar-refractivity contribution < 1.29 is 19.4 Å². The molecule has 25 heavy (non-hydrogen) atoms. The molecular weight excluding hydrogens is 320 g/mol. The van der Waals surface area contributed by atoms with Crippen molar-refractivity contribution in [1.82, 2.24) is 9.80 Å². The molecule has 6 heteroatoms. The first kappa shape index (κ1) is 15.9. The van der Waals surface area contributed by atoms with Gasteiger partial charge < -0.3 is 14.7 Å². The first-order chi connectivity index (χ1) is 12.1. The van der Waals surface area contributed by atoms with E-state index in [-0.39, 0.29) is 31.1 Å². The van der Waals surface area contributed by atoms with Gasteiger partial charge in [-0.05, 0) is 24.3 Å². The molecular formula is C19H20N2O4. The number of imide groups is 1. The predicted octanol–water partition coefficient (Wildman–Crippen LogP) is 2.01. The van der Waals surface area contributed by atoms with Crippen LogP contribution >= 0.6 is 0 Å². The Morgan fingerprint density at radius 1 is 1.16 bits per heavy atom. The Bertz CT molecular complexity index is 795. The normalized spacial score (nSPS) is 21.1. The van der Waals surface area contributed by atoms with Gasteiger partial charge >= 0.3 is 6.03 Å². The molecule has 2 aliphatic heterocycles. The zero-order chi connectivity index (χ0) is 17.4. The molecule has 130 valence electrons. The van der Waals surface area contributed by atoms with Gasteiger partial charge in [0, 0.05) is 11.9 Å². The van der Waals surface area contributed by atoms with E-state index < -0.39 is 6.10 Å². The lowest BCUT2D eigenvalue weighted by Gasteiger charge is -2.20. The first-order valence-corrected chi connectivity index (χ1v) is 8.56. The summed E-state index contributed by atoms with van der Waals surface area (Å²) in [6, 6.07) is 12.9. The van der Waals surface area contributed by atoms with E-state index in [1.54, 1.807) is 4.90 Å². The average Bonchev–Trinajstić information content (AvgIpc) is 3.20. The van der Waals surface area contributed by atoms with Crippen LogP contribution in [0.15, 0.2) is 42.5 Å². The summed E-state index contributed by atoms with van der Waals surface area (Å²) in [6.07, 6.45) is 0.652. The number of carbonyl (C=O) groups excluding carboxylic acids is 2. The number of aliphatic hydroxyl groups is 1. The smallest absolute Gasteiger partial charge is 0.327 e. The molecule has 0 saturated carbocycles. The van der Waals surface area contributed by atoms with Gasteiger partial charge in [0.15, 0.2) is 0 Å². The second kappa shape index (κ2) is 6.37. The molecule has 2 saturated heterocycles. The SMILES string of the molecule is O=C1C2CCCN2C(=O)N1CC(O)COc1cccc2ccccc12. The highest BCUT2D eigenvalue weighted by molar-refractivity contribution is 6.04. The van der Waals surface area contributed by atoms with Crippen LogP contribution in [0.1, 0.15) is 12.8 Å². The van der Waals surface area contributed by atoms with Crippen LogP contribution in [-0.2, 0) is 4.79 Å². The van der Waals surface area contributed by atoms with E-state index in [0.29, 0.717) is 18.7 Å². The third-order valence-electron chi connectivity index (χ3n) is 4.85. The standard InChI is InChI=1S/C19H20N2O4/c22-14(11-21-18(23)16-8-4-10-20(16)19(21)24)12-25-17-9-3-6-13-5-1-2-7-15(13)17/h1-3,5-7,9,14,16,22H,4,8,10-12H2. The molecule has 2 aliphatic rings. The highest BCUT2D eigenvalue weighted by atomic mass is 16.5. The third kappa shape index (κ3) is 2.82. The van der Waals surface area contributed by atoms with E-state index in [1.807, 2.05) is 42.5 Å². The molecule has 0 aromatic heterocycles. The second-order valence-electron chi connectivity index (χ2n) is 6.52. The van der Waals surface area contributed by atoms with Gasteiger partial charge in [-0.1, -0.05) is 36.4 Å². The van der Waals surface area contributed by atoms with Crippen LogP contribution in [0.3, 0.4) is 0 Å². The summed E-state index contributed by atoms with van der Waals surface area (Å²) in [6.45, 7) is 0.611. The van der Waals surface area contributed by atoms with Crippen molar-refractivity contribution in [2.24, 2.45) is 0 Å². The van der Waals surface area contributed by atoms with Gasteiger partial charge in [0.1, 0.15) is 24.5 Å². The highest BCUT2D eigenvalue weighted by Gasteiger charge is 2.47. The van der Waals surface area contributed by atoms with Gasteiger partial charge in [-0.15, -0.1) is 0 Å². The minimum absolute atomic E-state index is 0.0235. The van der Waals surface area contributed by atoms with Gasteiger partial charge in [0.25, 0.3) is 5.91 Å². The van der Waals surface area contributed by atoms with Crippen molar-refractivity contribution in [1.29, 1.82) is 0 Å². The molecule has 2 heterocycles. The fourth-order valence-electron chi connectivity index (χ4n) is 3.62. The summed E-state index contributed by atoms with van der Waals surface area (Å²) < 4.78 is 5.74. The molecule has 2 aromatic carbocycles. The zero-order valence-corrected chi connectivity index (χ0v) is 13.8. The molecule has 2 aromatic rings. The number of benzene rings is 2. The summed E-state index contributed by atoms with van der Waals surface area (Å²) in [7, 11) is 0. The van der Waals surface area contributed by atoms with E-state index in [1.165, 1.54) is 0 Å². The van der Waals surface area contributed by atoms with Crippen molar-refractivity contribution in [2.45, 2.75) is 25.0 Å². The lowest BCUT2D eigenvalue weighted by atomic mass is 10.1. The van der Waals surface area contributed by atoms with E-state index in [9.17, 15) is 14.7 Å². The van der Waals surface area contributed by atoms with Crippen LogP contribution in [0.4, 0.5) is 4.79 Å². The van der Waals surface area contributed by atoms with Crippen molar-refractivity contribution in [3.05, 3.63) is 42.5 Å². The van der Waals surface area contributed by atoms with Crippen LogP contribution in [-0.4, -0.2) is 58.7 Å². The monoisotopic (exact) mass is 340 g/mol. The molecule has 2 atom stereocenters. The van der Waals surface area contributed by atoms with Crippen LogP contribution < -0.4 is 4.74 Å². The minimum atomic E-state index is -0.924. The number of β-amino-alcohol motifs (C(OH)–C–C–N with tert-alkyl or cyclic N) is 1. The fourth-order valence-corrected chi connectivity index (χ4v) is 3.62. The van der Waals surface area contributed by atoms with Gasteiger partial charge in [0.05, 0.1) is 6.54 Å². The summed E-state index contributed by atoms with van der Waals surface area (Å²) >= 11 is 0. The Morgan fingerprint density at radius 2 is 1.96 bits per heavy atom. The number of aliphatic hydroxyl groups excluding tert-OH is 1. The van der Waals surface area contributed by atoms with Gasteiger partial charge in [-0.25, -0.2) is 4.79 Å². The van der Waals surface area contributed by atoms with E-state index >= 15 is 0 Å². The Hall–Kier alpha value is -2.60. The van der Waals surface area contributed by atoms with Crippen LogP contribution in [0, 0.1) is 0 Å². The molecule has 0 bridgehead atoms. The molecule has 6 nitrogen and oxygen atoms in total. The highest BCUT2D eigenvalue weighted by Crippen LogP contribution is 2.28. The molecule has 4 rings (SSSR count). The molecule has 0 radical (unpaired) electrons. The van der Waals surface area contributed by atoms with Gasteiger partial charge in [-0.3, -0.25) is 9.69 Å². The van der Waals surface area contributed by atoms with Crippen molar-refractivity contribution >= 4 is 22.7 Å². The van der Waals surface area contributed by atoms with E-state index in [2.05, 4.69) is 0 Å². The Balaban J connectivity index is 1.40. The molecule has 0 aliphatic carbocycles. The number of nitrogens with zero attached hydrogens (tertiary/aromatic N) is 2. The van der Waals surface area contributed by atoms with Crippen molar-refractivity contribution in [3.63, 3.8) is 0 Å². The summed E-state index contributed by atoms with van der Waals surface area (Å²) in [5, 5.41) is 12.3. The number of amides is 3. The van der Waals surface area contributed by atoms with Gasteiger partial charge in [0.2, 0.25) is 0 Å². The van der Waals surface area contributed by atoms with Crippen LogP contribution in [0.2, 0.25) is 0 Å². The summed E-state index contributed by atoms with van der Waals surface area (Å²) in [5.41, 5.74) is 0. The number of urea groups is 1. The van der Waals surface area contributed by atoms with Crippen molar-refractivity contribution in [3.8, 4) is 5.75 Å². The maximum atomic E-state index is 12.3. The Morgan fingerprint density at radius 3 is 2.80 bits per heavy atom. The molecule has 3 amide bonds. The number of carbonyl (C=O) groups is 2. The summed E-state index contributed by atoms with van der Waals surface area (Å²) in [4.78, 5) is 27.3. The number of rotatable bonds is 5. The van der Waals surface area contributed by atoms with E-state index in [4.69, 9.17) is 4.74 Å². The number of hydrogen-bond donors (Lipinski definition) is 1. The molecule has 2 fully saturated rings. The van der Waals surface area contributed by atoms with Crippen LogP contribution in [0.25, 0.3) is 10.8 Å². The number of ether oxygens (including phenoxy) is 1. The molecule has 2 unspecified atom stereocenters. The second-order valence-corrected chi connectivity index (χ2v) is 6.52. The first-order valence-electron chi connectivity index (χ1n) is 8.56. The zero-order valence-electron chi connectivity index (χ0n) is 13.8. The maximum absolute atomic E-state index is 12.3. The van der Waals surface area contributed by atoms with Gasteiger partial charge in [-0.2, -0.15) is 0 Å². The predicted molar refractivity (Wildman–Crippen MR) is 92.3 cm³/mol. The van der Waals surface area contributed by atoms with Crippen LogP contribution in [0.5, 0.6) is 5.75 Å². The largest absolute Gasteiger partial charge is 0.490 e. The fraction of sp³-hybridized carbons (Fsp3) is 0.368. The summed E-state index contributed by atoms with van der Waals surface area (Å²) in [5.74, 6) is 0.476. The average molecular weight is 340 g/mol. The Labute approximate surface area is 145 Å².